The van der Waals surface area contributed by atoms with Crippen molar-refractivity contribution in [2.75, 3.05) is 33.0 Å². The Morgan fingerprint density at radius 3 is 2.79 bits per heavy atom. The summed E-state index contributed by atoms with van der Waals surface area (Å²) >= 11 is 0. The molecule has 0 unspecified atom stereocenters. The topological polar surface area (TPSA) is 93.0 Å². The lowest BCUT2D eigenvalue weighted by Gasteiger charge is -2.16. The van der Waals surface area contributed by atoms with Crippen molar-refractivity contribution in [1.82, 2.24) is 19.7 Å². The number of aromatic nitrogens is 3. The summed E-state index contributed by atoms with van der Waals surface area (Å²) in [4.78, 5) is 5.79. The van der Waals surface area contributed by atoms with Crippen LogP contribution in [-0.2, 0) is 6.54 Å². The molecule has 0 fully saturated rings. The van der Waals surface area contributed by atoms with Crippen LogP contribution < -0.4 is 10.5 Å². The van der Waals surface area contributed by atoms with Crippen molar-refractivity contribution in [3.8, 4) is 16.9 Å². The van der Waals surface area contributed by atoms with E-state index in [1.165, 1.54) is 18.5 Å². The highest BCUT2D eigenvalue weighted by atomic mass is 19.1. The number of rotatable bonds is 8. The van der Waals surface area contributed by atoms with Crippen LogP contribution in [-0.4, -0.2) is 52.6 Å². The van der Waals surface area contributed by atoms with Crippen molar-refractivity contribution in [2.45, 2.75) is 6.54 Å². The van der Waals surface area contributed by atoms with Gasteiger partial charge in [0.2, 0.25) is 0 Å². The molecular formula is C20H23FN6O. The van der Waals surface area contributed by atoms with Crippen molar-refractivity contribution in [3.63, 3.8) is 0 Å². The maximum atomic E-state index is 13.8. The van der Waals surface area contributed by atoms with E-state index in [2.05, 4.69) is 10.1 Å². The number of hydrogen-bond donors (Lipinski definition) is 2. The molecule has 0 atom stereocenters. The van der Waals surface area contributed by atoms with E-state index < -0.39 is 0 Å². The SMILES string of the molecule is CN(C)CC(=N)c1cc(-c2ccc(F)cc2OCCn2cncn2)ccc1N. The second-order valence-corrected chi connectivity index (χ2v) is 6.67. The van der Waals surface area contributed by atoms with E-state index in [-0.39, 0.29) is 5.82 Å². The van der Waals surface area contributed by atoms with Gasteiger partial charge in [0.15, 0.2) is 0 Å². The summed E-state index contributed by atoms with van der Waals surface area (Å²) in [5.74, 6) is 0.0468. The summed E-state index contributed by atoms with van der Waals surface area (Å²) < 4.78 is 21.3. The van der Waals surface area contributed by atoms with Crippen LogP contribution >= 0.6 is 0 Å². The van der Waals surface area contributed by atoms with Gasteiger partial charge in [-0.15, -0.1) is 0 Å². The molecule has 3 rings (SSSR count). The Labute approximate surface area is 163 Å². The van der Waals surface area contributed by atoms with Gasteiger partial charge in [-0.05, 0) is 43.9 Å². The van der Waals surface area contributed by atoms with E-state index in [1.54, 1.807) is 23.1 Å². The second-order valence-electron chi connectivity index (χ2n) is 6.67. The number of nitrogens with one attached hydrogen (secondary N) is 1. The van der Waals surface area contributed by atoms with Gasteiger partial charge < -0.3 is 20.8 Å². The van der Waals surface area contributed by atoms with Gasteiger partial charge in [0.05, 0.1) is 12.3 Å². The van der Waals surface area contributed by atoms with Crippen LogP contribution in [0.5, 0.6) is 5.75 Å². The fourth-order valence-corrected chi connectivity index (χ4v) is 2.84. The van der Waals surface area contributed by atoms with Crippen LogP contribution in [0.25, 0.3) is 11.1 Å². The molecule has 2 aromatic carbocycles. The molecular weight excluding hydrogens is 359 g/mol. The predicted octanol–water partition coefficient (Wildman–Crippen LogP) is 2.67. The lowest BCUT2D eigenvalue weighted by molar-refractivity contribution is 0.291. The summed E-state index contributed by atoms with van der Waals surface area (Å²) in [5, 5.41) is 12.3. The van der Waals surface area contributed by atoms with Crippen molar-refractivity contribution >= 4 is 11.4 Å². The number of hydrogen-bond acceptors (Lipinski definition) is 6. The molecule has 0 aliphatic carbocycles. The Balaban J connectivity index is 1.87. The predicted molar refractivity (Wildman–Crippen MR) is 107 cm³/mol. The molecule has 3 aromatic rings. The number of ether oxygens (including phenoxy) is 1. The number of benzene rings is 2. The molecule has 1 heterocycles. The second kappa shape index (κ2) is 8.62. The van der Waals surface area contributed by atoms with Gasteiger partial charge in [0.1, 0.15) is 30.8 Å². The first-order chi connectivity index (χ1) is 13.4. The molecule has 1 aromatic heterocycles. The standard InChI is InChI=1S/C20H23FN6O/c1-26(2)11-19(23)17-9-14(3-6-18(17)22)16-5-4-15(21)10-20(16)28-8-7-27-13-24-12-25-27/h3-6,9-10,12-13,23H,7-8,11,22H2,1-2H3. The van der Waals surface area contributed by atoms with Crippen molar-refractivity contribution in [1.29, 1.82) is 5.41 Å². The molecule has 0 bridgehead atoms. The molecule has 3 N–H and O–H groups in total. The molecule has 0 radical (unpaired) electrons. The minimum atomic E-state index is -0.379. The first-order valence-electron chi connectivity index (χ1n) is 8.81. The Bertz CT molecular complexity index is 955. The number of nitrogen functional groups attached to an aromatic ring is 1. The first-order valence-corrected chi connectivity index (χ1v) is 8.81. The van der Waals surface area contributed by atoms with Crippen LogP contribution in [0.3, 0.4) is 0 Å². The quantitative estimate of drug-likeness (QED) is 0.462. The molecule has 0 aliphatic rings. The zero-order valence-corrected chi connectivity index (χ0v) is 15.9. The fraction of sp³-hybridized carbons (Fsp3) is 0.250. The minimum Gasteiger partial charge on any atom is -0.491 e. The maximum absolute atomic E-state index is 13.8. The molecule has 0 aliphatic heterocycles. The van der Waals surface area contributed by atoms with Crippen LogP contribution in [0.15, 0.2) is 49.1 Å². The minimum absolute atomic E-state index is 0.318. The maximum Gasteiger partial charge on any atom is 0.137 e. The summed E-state index contributed by atoms with van der Waals surface area (Å²) in [7, 11) is 3.80. The first kappa shape index (κ1) is 19.5. The average Bonchev–Trinajstić information content (AvgIpc) is 3.15. The molecule has 0 spiro atoms. The molecule has 28 heavy (non-hydrogen) atoms. The van der Waals surface area contributed by atoms with Crippen LogP contribution in [0.1, 0.15) is 5.56 Å². The van der Waals surface area contributed by atoms with Crippen LogP contribution in [0.4, 0.5) is 10.1 Å². The summed E-state index contributed by atoms with van der Waals surface area (Å²) in [5.41, 5.74) is 9.23. The third-order valence-corrected chi connectivity index (χ3v) is 4.15. The molecule has 146 valence electrons. The molecule has 7 nitrogen and oxygen atoms in total. The Morgan fingerprint density at radius 1 is 1.25 bits per heavy atom. The summed E-state index contributed by atoms with van der Waals surface area (Å²) in [6.45, 7) is 1.28. The van der Waals surface area contributed by atoms with Crippen molar-refractivity contribution < 1.29 is 9.13 Å². The number of halogens is 1. The third kappa shape index (κ3) is 4.72. The monoisotopic (exact) mass is 382 g/mol. The van der Waals surface area contributed by atoms with Gasteiger partial charge in [-0.3, -0.25) is 0 Å². The van der Waals surface area contributed by atoms with Gasteiger partial charge in [-0.1, -0.05) is 6.07 Å². The van der Waals surface area contributed by atoms with E-state index >= 15 is 0 Å². The Morgan fingerprint density at radius 2 is 2.07 bits per heavy atom. The normalized spacial score (nSPS) is 11.0. The lowest BCUT2D eigenvalue weighted by Crippen LogP contribution is -2.22. The zero-order valence-electron chi connectivity index (χ0n) is 15.9. The van der Waals surface area contributed by atoms with Gasteiger partial charge in [-0.25, -0.2) is 14.1 Å². The third-order valence-electron chi connectivity index (χ3n) is 4.15. The van der Waals surface area contributed by atoms with E-state index in [1.807, 2.05) is 31.1 Å². The summed E-state index contributed by atoms with van der Waals surface area (Å²) in [6.07, 6.45) is 3.05. The van der Waals surface area contributed by atoms with Crippen LogP contribution in [0, 0.1) is 11.2 Å². The molecule has 0 saturated carbocycles. The molecule has 0 saturated heterocycles. The van der Waals surface area contributed by atoms with Gasteiger partial charge in [0, 0.05) is 29.4 Å². The van der Waals surface area contributed by atoms with Gasteiger partial charge >= 0.3 is 0 Å². The van der Waals surface area contributed by atoms with Gasteiger partial charge in [-0.2, -0.15) is 5.10 Å². The van der Waals surface area contributed by atoms with Crippen molar-refractivity contribution in [3.05, 3.63) is 60.4 Å². The van der Waals surface area contributed by atoms with E-state index in [0.29, 0.717) is 42.4 Å². The highest BCUT2D eigenvalue weighted by Gasteiger charge is 2.13. The average molecular weight is 382 g/mol. The van der Waals surface area contributed by atoms with Gasteiger partial charge in [0.25, 0.3) is 0 Å². The highest BCUT2D eigenvalue weighted by molar-refractivity contribution is 6.05. The Hall–Kier alpha value is -3.26. The number of nitrogens with zero attached hydrogens (tertiary/aromatic N) is 4. The zero-order chi connectivity index (χ0) is 20.1. The molecule has 0 amide bonds. The molecule has 8 heteroatoms. The number of likely N-dealkylation sites (N-methyl/N-ethyl adjacent to an activating group) is 1. The highest BCUT2D eigenvalue weighted by Crippen LogP contribution is 2.33. The smallest absolute Gasteiger partial charge is 0.137 e. The Kier molecular flexibility index (Phi) is 6.00. The van der Waals surface area contributed by atoms with E-state index in [9.17, 15) is 4.39 Å². The van der Waals surface area contributed by atoms with E-state index in [0.717, 1.165) is 11.1 Å². The fourth-order valence-electron chi connectivity index (χ4n) is 2.84. The number of nitrogens with two attached hydrogens (primary N) is 1. The lowest BCUT2D eigenvalue weighted by atomic mass is 9.98. The van der Waals surface area contributed by atoms with Crippen molar-refractivity contribution in [2.24, 2.45) is 0 Å². The van der Waals surface area contributed by atoms with Crippen LogP contribution in [0.2, 0.25) is 0 Å². The summed E-state index contributed by atoms with van der Waals surface area (Å²) in [6, 6.07) is 9.87. The largest absolute Gasteiger partial charge is 0.491 e. The number of anilines is 1. The van der Waals surface area contributed by atoms with E-state index in [4.69, 9.17) is 15.9 Å².